The summed E-state index contributed by atoms with van der Waals surface area (Å²) < 4.78 is 0. The molecule has 124 valence electrons. The standard InChI is InChI=1S/C19H23N5/c1-14-13-16-17(20-10-9-15-7-3-2-4-8-15)22-19(23-18(16)21-14)24-11-5-6-12-24/h2-4,7-8,13H,5-6,9-12H2,1H3,(H2,20,21,22,23). The van der Waals surface area contributed by atoms with Crippen molar-refractivity contribution in [1.29, 1.82) is 0 Å². The lowest BCUT2D eigenvalue weighted by molar-refractivity contribution is 0.902. The van der Waals surface area contributed by atoms with Crippen LogP contribution in [-0.4, -0.2) is 34.6 Å². The highest BCUT2D eigenvalue weighted by molar-refractivity contribution is 5.89. The Morgan fingerprint density at radius 2 is 1.92 bits per heavy atom. The maximum absolute atomic E-state index is 4.81. The number of aromatic nitrogens is 3. The summed E-state index contributed by atoms with van der Waals surface area (Å²) in [5, 5.41) is 4.59. The first kappa shape index (κ1) is 15.0. The van der Waals surface area contributed by atoms with Crippen LogP contribution in [-0.2, 0) is 6.42 Å². The molecule has 1 aliphatic heterocycles. The number of aromatic amines is 1. The van der Waals surface area contributed by atoms with Gasteiger partial charge in [-0.2, -0.15) is 9.97 Å². The fourth-order valence-corrected chi connectivity index (χ4v) is 3.29. The van der Waals surface area contributed by atoms with E-state index in [1.54, 1.807) is 0 Å². The highest BCUT2D eigenvalue weighted by Gasteiger charge is 2.18. The third-order valence-electron chi connectivity index (χ3n) is 4.55. The van der Waals surface area contributed by atoms with Crippen molar-refractivity contribution in [2.24, 2.45) is 0 Å². The molecule has 0 atom stereocenters. The van der Waals surface area contributed by atoms with E-state index in [1.807, 2.05) is 0 Å². The van der Waals surface area contributed by atoms with Crippen molar-refractivity contribution in [3.8, 4) is 0 Å². The molecule has 2 N–H and O–H groups in total. The lowest BCUT2D eigenvalue weighted by Gasteiger charge is -2.16. The largest absolute Gasteiger partial charge is 0.369 e. The zero-order valence-corrected chi connectivity index (χ0v) is 14.0. The van der Waals surface area contributed by atoms with E-state index in [1.165, 1.54) is 18.4 Å². The Morgan fingerprint density at radius 3 is 2.71 bits per heavy atom. The third-order valence-corrected chi connectivity index (χ3v) is 4.55. The van der Waals surface area contributed by atoms with E-state index >= 15 is 0 Å². The first-order valence-electron chi connectivity index (χ1n) is 8.70. The third kappa shape index (κ3) is 3.07. The molecule has 3 heterocycles. The molecule has 1 aromatic carbocycles. The summed E-state index contributed by atoms with van der Waals surface area (Å²) in [6.45, 7) is 5.02. The molecule has 0 saturated carbocycles. The minimum absolute atomic E-state index is 0.837. The van der Waals surface area contributed by atoms with E-state index in [-0.39, 0.29) is 0 Å². The fraction of sp³-hybridized carbons (Fsp3) is 0.368. The Hall–Kier alpha value is -2.56. The minimum Gasteiger partial charge on any atom is -0.369 e. The van der Waals surface area contributed by atoms with Gasteiger partial charge in [-0.25, -0.2) is 0 Å². The van der Waals surface area contributed by atoms with Gasteiger partial charge in [0.25, 0.3) is 0 Å². The molecule has 3 aromatic rings. The number of anilines is 2. The molecule has 0 aliphatic carbocycles. The second kappa shape index (κ2) is 6.51. The molecule has 0 unspecified atom stereocenters. The van der Waals surface area contributed by atoms with Gasteiger partial charge in [0, 0.05) is 25.3 Å². The Morgan fingerprint density at radius 1 is 1.12 bits per heavy atom. The molecule has 0 bridgehead atoms. The van der Waals surface area contributed by atoms with Crippen LogP contribution < -0.4 is 10.2 Å². The lowest BCUT2D eigenvalue weighted by atomic mass is 10.1. The number of H-pyrrole nitrogens is 1. The molecule has 0 radical (unpaired) electrons. The maximum Gasteiger partial charge on any atom is 0.229 e. The number of rotatable bonds is 5. The molecule has 0 spiro atoms. The fourth-order valence-electron chi connectivity index (χ4n) is 3.29. The van der Waals surface area contributed by atoms with Gasteiger partial charge in [-0.3, -0.25) is 0 Å². The van der Waals surface area contributed by atoms with Crippen molar-refractivity contribution in [1.82, 2.24) is 15.0 Å². The highest BCUT2D eigenvalue weighted by Crippen LogP contribution is 2.26. The number of fused-ring (bicyclic) bond motifs is 1. The Balaban J connectivity index is 1.57. The van der Waals surface area contributed by atoms with Crippen molar-refractivity contribution >= 4 is 22.8 Å². The predicted molar refractivity (Wildman–Crippen MR) is 98.7 cm³/mol. The SMILES string of the molecule is Cc1cc2c(NCCc3ccccc3)nc(N3CCCC3)nc2[nH]1. The summed E-state index contributed by atoms with van der Waals surface area (Å²) in [7, 11) is 0. The topological polar surface area (TPSA) is 56.8 Å². The minimum atomic E-state index is 0.837. The summed E-state index contributed by atoms with van der Waals surface area (Å²) >= 11 is 0. The second-order valence-corrected chi connectivity index (χ2v) is 6.44. The van der Waals surface area contributed by atoms with Crippen LogP contribution >= 0.6 is 0 Å². The Kier molecular flexibility index (Phi) is 4.07. The van der Waals surface area contributed by atoms with Gasteiger partial charge < -0.3 is 15.2 Å². The van der Waals surface area contributed by atoms with Gasteiger partial charge in [0.2, 0.25) is 5.95 Å². The number of aryl methyl sites for hydroxylation is 1. The first-order chi connectivity index (χ1) is 11.8. The quantitative estimate of drug-likeness (QED) is 0.755. The first-order valence-corrected chi connectivity index (χ1v) is 8.70. The molecule has 1 saturated heterocycles. The average Bonchev–Trinajstić information content (AvgIpc) is 3.24. The van der Waals surface area contributed by atoms with Crippen LogP contribution in [0.1, 0.15) is 24.1 Å². The van der Waals surface area contributed by atoms with E-state index in [9.17, 15) is 0 Å². The lowest BCUT2D eigenvalue weighted by Crippen LogP contribution is -2.21. The summed E-state index contributed by atoms with van der Waals surface area (Å²) in [6, 6.07) is 12.7. The highest BCUT2D eigenvalue weighted by atomic mass is 15.3. The van der Waals surface area contributed by atoms with Gasteiger partial charge in [0.1, 0.15) is 11.5 Å². The molecule has 1 aliphatic rings. The monoisotopic (exact) mass is 321 g/mol. The molecule has 5 heteroatoms. The summed E-state index contributed by atoms with van der Waals surface area (Å²) in [5.41, 5.74) is 3.37. The van der Waals surface area contributed by atoms with Crippen LogP contribution in [0.2, 0.25) is 0 Å². The molecular formula is C19H23N5. The molecule has 2 aromatic heterocycles. The van der Waals surface area contributed by atoms with Crippen LogP contribution in [0, 0.1) is 6.92 Å². The summed E-state index contributed by atoms with van der Waals surface area (Å²) in [5.74, 6) is 1.77. The maximum atomic E-state index is 4.81. The predicted octanol–water partition coefficient (Wildman–Crippen LogP) is 3.52. The van der Waals surface area contributed by atoms with Crippen LogP contribution in [0.3, 0.4) is 0 Å². The molecular weight excluding hydrogens is 298 g/mol. The smallest absolute Gasteiger partial charge is 0.229 e. The number of hydrogen-bond donors (Lipinski definition) is 2. The Labute approximate surface area is 142 Å². The van der Waals surface area contributed by atoms with Crippen molar-refractivity contribution in [2.75, 3.05) is 29.9 Å². The molecule has 24 heavy (non-hydrogen) atoms. The van der Waals surface area contributed by atoms with Gasteiger partial charge in [0.05, 0.1) is 5.39 Å². The van der Waals surface area contributed by atoms with E-state index < -0.39 is 0 Å². The van der Waals surface area contributed by atoms with Crippen molar-refractivity contribution in [2.45, 2.75) is 26.2 Å². The molecule has 1 fully saturated rings. The van der Waals surface area contributed by atoms with Gasteiger partial charge in [-0.1, -0.05) is 30.3 Å². The second-order valence-electron chi connectivity index (χ2n) is 6.44. The van der Waals surface area contributed by atoms with E-state index in [0.717, 1.165) is 54.5 Å². The Bertz CT molecular complexity index is 818. The van der Waals surface area contributed by atoms with E-state index in [2.05, 4.69) is 58.5 Å². The van der Waals surface area contributed by atoms with Gasteiger partial charge in [0.15, 0.2) is 0 Å². The van der Waals surface area contributed by atoms with Crippen molar-refractivity contribution in [3.05, 3.63) is 47.7 Å². The number of nitrogens with zero attached hydrogens (tertiary/aromatic N) is 3. The average molecular weight is 321 g/mol. The van der Waals surface area contributed by atoms with E-state index in [0.29, 0.717) is 0 Å². The zero-order chi connectivity index (χ0) is 16.4. The normalized spacial score (nSPS) is 14.5. The van der Waals surface area contributed by atoms with E-state index in [4.69, 9.17) is 9.97 Å². The van der Waals surface area contributed by atoms with Crippen LogP contribution in [0.4, 0.5) is 11.8 Å². The number of nitrogens with one attached hydrogen (secondary N) is 2. The van der Waals surface area contributed by atoms with Crippen LogP contribution in [0.25, 0.3) is 11.0 Å². The van der Waals surface area contributed by atoms with Crippen LogP contribution in [0.15, 0.2) is 36.4 Å². The van der Waals surface area contributed by atoms with Crippen molar-refractivity contribution < 1.29 is 0 Å². The molecule has 4 rings (SSSR count). The van der Waals surface area contributed by atoms with Crippen LogP contribution in [0.5, 0.6) is 0 Å². The summed E-state index contributed by atoms with van der Waals surface area (Å²) in [4.78, 5) is 15.2. The number of benzene rings is 1. The van der Waals surface area contributed by atoms with Crippen molar-refractivity contribution in [3.63, 3.8) is 0 Å². The molecule has 5 nitrogen and oxygen atoms in total. The zero-order valence-electron chi connectivity index (χ0n) is 14.0. The van der Waals surface area contributed by atoms with Gasteiger partial charge >= 0.3 is 0 Å². The summed E-state index contributed by atoms with van der Waals surface area (Å²) in [6.07, 6.45) is 3.43. The number of hydrogen-bond acceptors (Lipinski definition) is 4. The van der Waals surface area contributed by atoms with Gasteiger partial charge in [-0.05, 0) is 37.8 Å². The molecule has 0 amide bonds. The van der Waals surface area contributed by atoms with Gasteiger partial charge in [-0.15, -0.1) is 0 Å².